The number of amides is 3. The van der Waals surface area contributed by atoms with Crippen LogP contribution in [0.2, 0.25) is 0 Å². The SMILES string of the molecule is CCCCCCCN(C(=O)C(Cc1ccc(O)cc1)NC(=O)OC(C)(C)C)C(C(=O)NCCC(=O)OCC)c1cc(C)ccc1C. The molecule has 2 aromatic rings. The molecular weight excluding hydrogens is 586 g/mol. The Morgan fingerprint density at radius 1 is 0.935 bits per heavy atom. The second-order valence-electron chi connectivity index (χ2n) is 12.6. The fourth-order valence-electron chi connectivity index (χ4n) is 5.09. The number of hydrogen-bond acceptors (Lipinski definition) is 7. The zero-order valence-corrected chi connectivity index (χ0v) is 28.6. The number of phenols is 1. The van der Waals surface area contributed by atoms with E-state index in [2.05, 4.69) is 17.6 Å². The summed E-state index contributed by atoms with van der Waals surface area (Å²) in [5.41, 5.74) is 2.33. The molecule has 2 unspecified atom stereocenters. The summed E-state index contributed by atoms with van der Waals surface area (Å²) >= 11 is 0. The Kier molecular flexibility index (Phi) is 15.6. The molecule has 0 fully saturated rings. The Hall–Kier alpha value is -4.08. The van der Waals surface area contributed by atoms with Crippen LogP contribution in [0.1, 0.15) is 101 Å². The van der Waals surface area contributed by atoms with Gasteiger partial charge in [0.15, 0.2) is 0 Å². The fraction of sp³-hybridized carbons (Fsp3) is 0.556. The predicted octanol–water partition coefficient (Wildman–Crippen LogP) is 6.05. The van der Waals surface area contributed by atoms with Crippen LogP contribution >= 0.6 is 0 Å². The topological polar surface area (TPSA) is 134 Å². The Balaban J connectivity index is 2.58. The van der Waals surface area contributed by atoms with Crippen molar-refractivity contribution in [2.24, 2.45) is 0 Å². The molecule has 0 bridgehead atoms. The van der Waals surface area contributed by atoms with Gasteiger partial charge in [-0.2, -0.15) is 0 Å². The molecule has 2 rings (SSSR count). The molecule has 0 heterocycles. The number of rotatable bonds is 17. The van der Waals surface area contributed by atoms with Gasteiger partial charge in [0.2, 0.25) is 11.8 Å². The van der Waals surface area contributed by atoms with E-state index in [-0.39, 0.29) is 38.3 Å². The maximum absolute atomic E-state index is 14.7. The third-order valence-corrected chi connectivity index (χ3v) is 7.37. The monoisotopic (exact) mass is 639 g/mol. The van der Waals surface area contributed by atoms with Crippen LogP contribution in [0.4, 0.5) is 4.79 Å². The zero-order chi connectivity index (χ0) is 34.3. The molecule has 3 N–H and O–H groups in total. The van der Waals surface area contributed by atoms with Gasteiger partial charge in [-0.25, -0.2) is 4.79 Å². The number of carbonyl (C=O) groups is 4. The number of nitrogens with one attached hydrogen (secondary N) is 2. The molecule has 0 radical (unpaired) electrons. The molecule has 254 valence electrons. The highest BCUT2D eigenvalue weighted by Crippen LogP contribution is 2.28. The molecule has 10 nitrogen and oxygen atoms in total. The van der Waals surface area contributed by atoms with Crippen molar-refractivity contribution < 1.29 is 33.8 Å². The number of esters is 1. The first kappa shape index (κ1) is 38.1. The quantitative estimate of drug-likeness (QED) is 0.142. The number of phenolic OH excluding ortho intramolecular Hbond substituents is 1. The Bertz CT molecular complexity index is 1290. The number of benzene rings is 2. The van der Waals surface area contributed by atoms with Gasteiger partial charge in [0.1, 0.15) is 23.4 Å². The van der Waals surface area contributed by atoms with Crippen LogP contribution in [-0.4, -0.2) is 65.2 Å². The van der Waals surface area contributed by atoms with Gasteiger partial charge in [-0.15, -0.1) is 0 Å². The number of alkyl carbamates (subject to hydrolysis) is 1. The van der Waals surface area contributed by atoms with Crippen molar-refractivity contribution in [2.75, 3.05) is 19.7 Å². The molecule has 0 aromatic heterocycles. The summed E-state index contributed by atoms with van der Waals surface area (Å²) < 4.78 is 10.5. The molecule has 0 aliphatic carbocycles. The van der Waals surface area contributed by atoms with E-state index in [1.807, 2.05) is 32.0 Å². The molecule has 3 amide bonds. The standard InChI is InChI=1S/C36H53N3O7/c1-8-10-11-12-13-22-39(32(29-23-25(3)14-15-26(29)4)33(42)37-21-20-31(41)45-9-2)34(43)30(38-35(44)46-36(5,6)7)24-27-16-18-28(40)19-17-27/h14-19,23,30,32,40H,8-13,20-22,24H2,1-7H3,(H,37,42)(H,38,44). The van der Waals surface area contributed by atoms with Crippen molar-refractivity contribution in [3.63, 3.8) is 0 Å². The van der Waals surface area contributed by atoms with Gasteiger partial charge in [-0.05, 0) is 76.8 Å². The number of carbonyl (C=O) groups excluding carboxylic acids is 4. The summed E-state index contributed by atoms with van der Waals surface area (Å²) in [6.45, 7) is 13.4. The third kappa shape index (κ3) is 13.1. The van der Waals surface area contributed by atoms with Crippen LogP contribution < -0.4 is 10.6 Å². The van der Waals surface area contributed by atoms with E-state index in [1.165, 1.54) is 12.1 Å². The van der Waals surface area contributed by atoms with E-state index >= 15 is 0 Å². The van der Waals surface area contributed by atoms with Crippen molar-refractivity contribution in [1.82, 2.24) is 15.5 Å². The average molecular weight is 640 g/mol. The lowest BCUT2D eigenvalue weighted by molar-refractivity contribution is -0.144. The molecular formula is C36H53N3O7. The van der Waals surface area contributed by atoms with Gasteiger partial charge in [0.05, 0.1) is 13.0 Å². The lowest BCUT2D eigenvalue weighted by Gasteiger charge is -2.35. The Morgan fingerprint density at radius 3 is 2.24 bits per heavy atom. The van der Waals surface area contributed by atoms with Crippen molar-refractivity contribution >= 4 is 23.9 Å². The largest absolute Gasteiger partial charge is 0.508 e. The minimum Gasteiger partial charge on any atom is -0.508 e. The Morgan fingerprint density at radius 2 is 1.61 bits per heavy atom. The lowest BCUT2D eigenvalue weighted by Crippen LogP contribution is -2.54. The van der Waals surface area contributed by atoms with E-state index in [1.54, 1.807) is 44.7 Å². The molecule has 0 saturated heterocycles. The predicted molar refractivity (Wildman–Crippen MR) is 178 cm³/mol. The van der Waals surface area contributed by atoms with Gasteiger partial charge in [0.25, 0.3) is 0 Å². The number of nitrogens with zero attached hydrogens (tertiary/aromatic N) is 1. The molecule has 2 aromatic carbocycles. The van der Waals surface area contributed by atoms with E-state index in [0.717, 1.165) is 36.8 Å². The molecule has 46 heavy (non-hydrogen) atoms. The Labute approximate surface area is 274 Å². The van der Waals surface area contributed by atoms with Crippen molar-refractivity contribution in [2.45, 2.75) is 111 Å². The summed E-state index contributed by atoms with van der Waals surface area (Å²) in [7, 11) is 0. The molecule has 10 heteroatoms. The summed E-state index contributed by atoms with van der Waals surface area (Å²) in [5.74, 6) is -1.22. The van der Waals surface area contributed by atoms with Gasteiger partial charge in [0, 0.05) is 19.5 Å². The fourth-order valence-corrected chi connectivity index (χ4v) is 5.09. The van der Waals surface area contributed by atoms with Gasteiger partial charge in [-0.3, -0.25) is 14.4 Å². The van der Waals surface area contributed by atoms with Crippen LogP contribution in [0.15, 0.2) is 42.5 Å². The first-order valence-corrected chi connectivity index (χ1v) is 16.3. The number of hydrogen-bond donors (Lipinski definition) is 3. The highest BCUT2D eigenvalue weighted by molar-refractivity contribution is 5.92. The summed E-state index contributed by atoms with van der Waals surface area (Å²) in [4.78, 5) is 55.3. The summed E-state index contributed by atoms with van der Waals surface area (Å²) in [6, 6.07) is 10.1. The number of unbranched alkanes of at least 4 members (excludes halogenated alkanes) is 4. The molecule has 0 aliphatic rings. The van der Waals surface area contributed by atoms with Crippen LogP contribution in [-0.2, 0) is 30.3 Å². The minimum absolute atomic E-state index is 0.00621. The normalized spacial score (nSPS) is 12.5. The number of aryl methyl sites for hydroxylation is 2. The van der Waals surface area contributed by atoms with Gasteiger partial charge in [-0.1, -0.05) is 68.5 Å². The highest BCUT2D eigenvalue weighted by atomic mass is 16.6. The van der Waals surface area contributed by atoms with Gasteiger partial charge >= 0.3 is 12.1 Å². The van der Waals surface area contributed by atoms with E-state index in [4.69, 9.17) is 9.47 Å². The van der Waals surface area contributed by atoms with Crippen molar-refractivity contribution in [3.8, 4) is 5.75 Å². The zero-order valence-electron chi connectivity index (χ0n) is 28.6. The molecule has 0 aliphatic heterocycles. The molecule has 2 atom stereocenters. The van der Waals surface area contributed by atoms with Crippen LogP contribution in [0.3, 0.4) is 0 Å². The van der Waals surface area contributed by atoms with Crippen LogP contribution in [0.5, 0.6) is 5.75 Å². The maximum atomic E-state index is 14.7. The summed E-state index contributed by atoms with van der Waals surface area (Å²) in [6.07, 6.45) is 3.98. The number of aromatic hydroxyl groups is 1. The van der Waals surface area contributed by atoms with E-state index in [0.29, 0.717) is 17.5 Å². The third-order valence-electron chi connectivity index (χ3n) is 7.37. The molecule has 0 saturated carbocycles. The highest BCUT2D eigenvalue weighted by Gasteiger charge is 2.37. The van der Waals surface area contributed by atoms with Crippen molar-refractivity contribution in [3.05, 3.63) is 64.7 Å². The van der Waals surface area contributed by atoms with Crippen molar-refractivity contribution in [1.29, 1.82) is 0 Å². The smallest absolute Gasteiger partial charge is 0.408 e. The summed E-state index contributed by atoms with van der Waals surface area (Å²) in [5, 5.41) is 15.4. The first-order valence-electron chi connectivity index (χ1n) is 16.3. The average Bonchev–Trinajstić information content (AvgIpc) is 2.97. The second-order valence-corrected chi connectivity index (χ2v) is 12.6. The van der Waals surface area contributed by atoms with E-state index < -0.39 is 41.6 Å². The lowest BCUT2D eigenvalue weighted by atomic mass is 9.95. The van der Waals surface area contributed by atoms with Crippen LogP contribution in [0.25, 0.3) is 0 Å². The second kappa shape index (κ2) is 18.8. The van der Waals surface area contributed by atoms with Crippen LogP contribution in [0, 0.1) is 13.8 Å². The van der Waals surface area contributed by atoms with Gasteiger partial charge < -0.3 is 30.1 Å². The first-order chi connectivity index (χ1) is 21.7. The maximum Gasteiger partial charge on any atom is 0.408 e. The molecule has 0 spiro atoms. The van der Waals surface area contributed by atoms with E-state index in [9.17, 15) is 24.3 Å². The minimum atomic E-state index is -1.07. The number of ether oxygens (including phenoxy) is 2.